The lowest BCUT2D eigenvalue weighted by Crippen LogP contribution is -2.31. The van der Waals surface area contributed by atoms with Gasteiger partial charge in [-0.05, 0) is 24.6 Å². The van der Waals surface area contributed by atoms with Crippen LogP contribution in [0.25, 0.3) is 0 Å². The monoisotopic (exact) mass is 285 g/mol. The summed E-state index contributed by atoms with van der Waals surface area (Å²) in [6.07, 6.45) is 0.0224. The summed E-state index contributed by atoms with van der Waals surface area (Å²) >= 11 is 6.05. The molecule has 0 amide bonds. The molecule has 0 bridgehead atoms. The minimum atomic E-state index is -0.0220. The van der Waals surface area contributed by atoms with Gasteiger partial charge in [0.1, 0.15) is 0 Å². The van der Waals surface area contributed by atoms with E-state index in [0.717, 1.165) is 17.1 Å². The van der Waals surface area contributed by atoms with Gasteiger partial charge in [0.15, 0.2) is 0 Å². The van der Waals surface area contributed by atoms with Crippen LogP contribution in [0.4, 0.5) is 0 Å². The highest BCUT2D eigenvalue weighted by Gasteiger charge is 2.16. The van der Waals surface area contributed by atoms with Crippen LogP contribution in [-0.4, -0.2) is 32.4 Å². The molecule has 0 fully saturated rings. The van der Waals surface area contributed by atoms with Crippen molar-refractivity contribution in [3.05, 3.63) is 34.9 Å². The average Bonchev–Trinajstić information content (AvgIpc) is 2.34. The number of hydrogen-bond donors (Lipinski definition) is 1. The van der Waals surface area contributed by atoms with Gasteiger partial charge in [-0.1, -0.05) is 37.6 Å². The molecule has 0 aliphatic carbocycles. The molecule has 0 aromatic heterocycles. The molecule has 1 aromatic carbocycles. The highest BCUT2D eigenvalue weighted by Crippen LogP contribution is 2.22. The first-order valence-corrected chi connectivity index (χ1v) is 7.04. The zero-order valence-corrected chi connectivity index (χ0v) is 12.9. The van der Waals surface area contributed by atoms with Crippen LogP contribution in [-0.2, 0) is 9.47 Å². The number of halogens is 1. The van der Waals surface area contributed by atoms with Crippen molar-refractivity contribution < 1.29 is 9.47 Å². The van der Waals surface area contributed by atoms with Gasteiger partial charge in [0, 0.05) is 24.7 Å². The molecular formula is C15H24ClNO2. The largest absolute Gasteiger partial charge is 0.382 e. The van der Waals surface area contributed by atoms with Gasteiger partial charge < -0.3 is 14.8 Å². The lowest BCUT2D eigenvalue weighted by Gasteiger charge is -2.24. The topological polar surface area (TPSA) is 30.5 Å². The summed E-state index contributed by atoms with van der Waals surface area (Å²) in [6.45, 7) is 7.59. The molecule has 2 atom stereocenters. The molecule has 0 saturated heterocycles. The maximum Gasteiger partial charge on any atom is 0.0954 e. The van der Waals surface area contributed by atoms with Crippen molar-refractivity contribution in [2.24, 2.45) is 0 Å². The Morgan fingerprint density at radius 2 is 2.00 bits per heavy atom. The SMILES string of the molecule is COCC(C)OC(CNC(C)C)c1cccc(Cl)c1. The Morgan fingerprint density at radius 1 is 1.26 bits per heavy atom. The Hall–Kier alpha value is -0.610. The number of benzene rings is 1. The zero-order chi connectivity index (χ0) is 14.3. The Morgan fingerprint density at radius 3 is 2.58 bits per heavy atom. The third-order valence-corrected chi connectivity index (χ3v) is 2.96. The van der Waals surface area contributed by atoms with Crippen LogP contribution < -0.4 is 5.32 Å². The van der Waals surface area contributed by atoms with E-state index in [1.807, 2.05) is 31.2 Å². The minimum absolute atomic E-state index is 0.0220. The number of methoxy groups -OCH3 is 1. The maximum absolute atomic E-state index is 6.05. The van der Waals surface area contributed by atoms with Gasteiger partial charge in [-0.3, -0.25) is 0 Å². The first kappa shape index (κ1) is 16.4. The molecule has 0 saturated carbocycles. The first-order chi connectivity index (χ1) is 9.02. The Labute approximate surface area is 121 Å². The molecule has 1 rings (SSSR count). The standard InChI is InChI=1S/C15H24ClNO2/c1-11(2)17-9-15(19-12(3)10-18-4)13-6-5-7-14(16)8-13/h5-8,11-12,15,17H,9-10H2,1-4H3. The van der Waals surface area contributed by atoms with Crippen LogP contribution >= 0.6 is 11.6 Å². The average molecular weight is 286 g/mol. The van der Waals surface area contributed by atoms with E-state index in [-0.39, 0.29) is 12.2 Å². The molecule has 3 nitrogen and oxygen atoms in total. The molecule has 108 valence electrons. The van der Waals surface area contributed by atoms with Gasteiger partial charge in [-0.15, -0.1) is 0 Å². The molecule has 1 aromatic rings. The highest BCUT2D eigenvalue weighted by atomic mass is 35.5. The van der Waals surface area contributed by atoms with Gasteiger partial charge in [0.25, 0.3) is 0 Å². The summed E-state index contributed by atoms with van der Waals surface area (Å²) in [6, 6.07) is 8.23. The third kappa shape index (κ3) is 6.39. The second-order valence-corrected chi connectivity index (χ2v) is 5.45. The molecule has 2 unspecified atom stereocenters. The highest BCUT2D eigenvalue weighted by molar-refractivity contribution is 6.30. The van der Waals surface area contributed by atoms with Crippen molar-refractivity contribution in [3.8, 4) is 0 Å². The summed E-state index contributed by atoms with van der Waals surface area (Å²) in [7, 11) is 1.68. The molecular weight excluding hydrogens is 262 g/mol. The van der Waals surface area contributed by atoms with E-state index < -0.39 is 0 Å². The summed E-state index contributed by atoms with van der Waals surface area (Å²) in [5, 5.41) is 4.13. The van der Waals surface area contributed by atoms with Crippen molar-refractivity contribution in [2.75, 3.05) is 20.3 Å². The number of nitrogens with one attached hydrogen (secondary N) is 1. The predicted octanol–water partition coefficient (Wildman–Crippen LogP) is 3.43. The van der Waals surface area contributed by atoms with Crippen LogP contribution in [0.15, 0.2) is 24.3 Å². The van der Waals surface area contributed by atoms with Crippen LogP contribution in [0.1, 0.15) is 32.4 Å². The van der Waals surface area contributed by atoms with E-state index in [2.05, 4.69) is 19.2 Å². The van der Waals surface area contributed by atoms with Crippen LogP contribution in [0.3, 0.4) is 0 Å². The normalized spacial score (nSPS) is 14.6. The van der Waals surface area contributed by atoms with Crippen LogP contribution in [0.2, 0.25) is 5.02 Å². The quantitative estimate of drug-likeness (QED) is 0.794. The van der Waals surface area contributed by atoms with E-state index in [1.54, 1.807) is 7.11 Å². The summed E-state index contributed by atoms with van der Waals surface area (Å²) in [4.78, 5) is 0. The lowest BCUT2D eigenvalue weighted by molar-refractivity contribution is -0.0399. The Kier molecular flexibility index (Phi) is 7.39. The van der Waals surface area contributed by atoms with Gasteiger partial charge in [0.2, 0.25) is 0 Å². The van der Waals surface area contributed by atoms with E-state index in [9.17, 15) is 0 Å². The molecule has 0 spiro atoms. The van der Waals surface area contributed by atoms with Crippen LogP contribution in [0, 0.1) is 0 Å². The van der Waals surface area contributed by atoms with Crippen molar-refractivity contribution in [3.63, 3.8) is 0 Å². The van der Waals surface area contributed by atoms with Crippen molar-refractivity contribution >= 4 is 11.6 Å². The van der Waals surface area contributed by atoms with Gasteiger partial charge in [-0.25, -0.2) is 0 Å². The number of hydrogen-bond acceptors (Lipinski definition) is 3. The predicted molar refractivity (Wildman–Crippen MR) is 79.8 cm³/mol. The van der Waals surface area contributed by atoms with Gasteiger partial charge in [-0.2, -0.15) is 0 Å². The second kappa shape index (κ2) is 8.54. The number of rotatable bonds is 8. The molecule has 0 heterocycles. The van der Waals surface area contributed by atoms with Gasteiger partial charge in [0.05, 0.1) is 18.8 Å². The molecule has 0 radical (unpaired) electrons. The van der Waals surface area contributed by atoms with Gasteiger partial charge >= 0.3 is 0 Å². The molecule has 0 aliphatic heterocycles. The molecule has 19 heavy (non-hydrogen) atoms. The summed E-state index contributed by atoms with van der Waals surface area (Å²) in [5.41, 5.74) is 1.09. The van der Waals surface area contributed by atoms with E-state index >= 15 is 0 Å². The summed E-state index contributed by atoms with van der Waals surface area (Å²) in [5.74, 6) is 0. The van der Waals surface area contributed by atoms with E-state index in [0.29, 0.717) is 12.6 Å². The maximum atomic E-state index is 6.05. The number of ether oxygens (including phenoxy) is 2. The van der Waals surface area contributed by atoms with Crippen molar-refractivity contribution in [1.29, 1.82) is 0 Å². The van der Waals surface area contributed by atoms with Crippen molar-refractivity contribution in [1.82, 2.24) is 5.32 Å². The minimum Gasteiger partial charge on any atom is -0.382 e. The van der Waals surface area contributed by atoms with Crippen LogP contribution in [0.5, 0.6) is 0 Å². The molecule has 1 N–H and O–H groups in total. The molecule has 0 aliphatic rings. The zero-order valence-electron chi connectivity index (χ0n) is 12.2. The first-order valence-electron chi connectivity index (χ1n) is 6.66. The van der Waals surface area contributed by atoms with E-state index in [1.165, 1.54) is 0 Å². The second-order valence-electron chi connectivity index (χ2n) is 5.01. The third-order valence-electron chi connectivity index (χ3n) is 2.73. The van der Waals surface area contributed by atoms with Crippen molar-refractivity contribution in [2.45, 2.75) is 39.0 Å². The molecule has 4 heteroatoms. The fourth-order valence-corrected chi connectivity index (χ4v) is 2.05. The van der Waals surface area contributed by atoms with E-state index in [4.69, 9.17) is 21.1 Å². The fraction of sp³-hybridized carbons (Fsp3) is 0.600. The Balaban J connectivity index is 2.73. The summed E-state index contributed by atoms with van der Waals surface area (Å²) < 4.78 is 11.2. The lowest BCUT2D eigenvalue weighted by atomic mass is 10.1. The fourth-order valence-electron chi connectivity index (χ4n) is 1.85. The smallest absolute Gasteiger partial charge is 0.0954 e. The Bertz CT molecular complexity index is 371.